The average molecular weight is 590 g/mol. The fraction of sp³-hybridized carbons (Fsp3) is 0.333. The van der Waals surface area contributed by atoms with Crippen molar-refractivity contribution in [1.82, 2.24) is 10.2 Å². The molecule has 0 aliphatic heterocycles. The lowest BCUT2D eigenvalue weighted by Gasteiger charge is -2.37. The van der Waals surface area contributed by atoms with E-state index < -0.39 is 0 Å². The van der Waals surface area contributed by atoms with Crippen LogP contribution in [0.4, 0.5) is 5.69 Å². The van der Waals surface area contributed by atoms with E-state index in [2.05, 4.69) is 11.4 Å². The zero-order valence-corrected chi connectivity index (χ0v) is 25.5. The summed E-state index contributed by atoms with van der Waals surface area (Å²) in [5, 5.41) is 4.84. The molecule has 2 amide bonds. The number of benzene rings is 3. The largest absolute Gasteiger partial charge is 0.496 e. The van der Waals surface area contributed by atoms with Crippen LogP contribution in [0.1, 0.15) is 47.8 Å². The molecule has 214 valence electrons. The van der Waals surface area contributed by atoms with Crippen molar-refractivity contribution in [2.45, 2.75) is 51.2 Å². The Morgan fingerprint density at radius 2 is 1.68 bits per heavy atom. The van der Waals surface area contributed by atoms with Crippen LogP contribution < -0.4 is 15.0 Å². The van der Waals surface area contributed by atoms with Crippen LogP contribution in [-0.2, 0) is 11.3 Å². The molecule has 1 fully saturated rings. The van der Waals surface area contributed by atoms with Crippen molar-refractivity contribution in [2.75, 3.05) is 26.1 Å². The molecular formula is C33H36ClN3O3S. The predicted molar refractivity (Wildman–Crippen MR) is 169 cm³/mol. The Balaban J connectivity index is 1.50. The molecular weight excluding hydrogens is 554 g/mol. The summed E-state index contributed by atoms with van der Waals surface area (Å²) in [6, 6.07) is 22.5. The van der Waals surface area contributed by atoms with Crippen molar-refractivity contribution in [3.63, 3.8) is 0 Å². The Labute approximate surface area is 250 Å². The summed E-state index contributed by atoms with van der Waals surface area (Å²) in [7, 11) is 5.44. The number of thiophene rings is 1. The number of amides is 2. The number of nitrogens with one attached hydrogen (secondary N) is 1. The van der Waals surface area contributed by atoms with Crippen molar-refractivity contribution in [3.8, 4) is 16.9 Å². The minimum absolute atomic E-state index is 0.0169. The van der Waals surface area contributed by atoms with E-state index in [1.165, 1.54) is 11.3 Å². The molecule has 8 heteroatoms. The number of fused-ring (bicyclic) bond motifs is 1. The molecule has 0 saturated heterocycles. The summed E-state index contributed by atoms with van der Waals surface area (Å²) < 4.78 is 6.79. The third-order valence-corrected chi connectivity index (χ3v) is 9.88. The average Bonchev–Trinajstić information content (AvgIpc) is 3.35. The normalized spacial score (nSPS) is 16.9. The van der Waals surface area contributed by atoms with E-state index in [1.807, 2.05) is 72.6 Å². The van der Waals surface area contributed by atoms with E-state index in [1.54, 1.807) is 26.0 Å². The van der Waals surface area contributed by atoms with E-state index in [-0.39, 0.29) is 17.9 Å². The number of ether oxygens (including phenoxy) is 1. The van der Waals surface area contributed by atoms with E-state index in [4.69, 9.17) is 16.3 Å². The number of carbonyl (C=O) groups is 2. The van der Waals surface area contributed by atoms with Gasteiger partial charge in [0.15, 0.2) is 0 Å². The van der Waals surface area contributed by atoms with E-state index >= 15 is 0 Å². The molecule has 41 heavy (non-hydrogen) atoms. The fourth-order valence-electron chi connectivity index (χ4n) is 5.65. The Hall–Kier alpha value is -3.39. The SMILES string of the molecule is CN[C@H]1CC[C@H](N(Cc2cc(-c3ccc(N(C)C(C)=O)cc3)ccc2OC)C(=O)c2sc3ccccc3c2Cl)CC1. The summed E-state index contributed by atoms with van der Waals surface area (Å²) in [5.74, 6) is 0.691. The number of anilines is 1. The summed E-state index contributed by atoms with van der Waals surface area (Å²) in [5.41, 5.74) is 3.82. The van der Waals surface area contributed by atoms with Gasteiger partial charge >= 0.3 is 0 Å². The van der Waals surface area contributed by atoms with Crippen LogP contribution in [0.2, 0.25) is 5.02 Å². The molecule has 1 N–H and O–H groups in total. The summed E-state index contributed by atoms with van der Waals surface area (Å²) >= 11 is 8.27. The number of nitrogens with zero attached hydrogens (tertiary/aromatic N) is 2. The summed E-state index contributed by atoms with van der Waals surface area (Å²) in [6.45, 7) is 1.97. The van der Waals surface area contributed by atoms with Gasteiger partial charge in [-0.2, -0.15) is 0 Å². The van der Waals surface area contributed by atoms with Crippen molar-refractivity contribution < 1.29 is 14.3 Å². The Morgan fingerprint density at radius 1 is 1.00 bits per heavy atom. The van der Waals surface area contributed by atoms with Crippen molar-refractivity contribution >= 4 is 50.5 Å². The van der Waals surface area contributed by atoms with Crippen LogP contribution in [0.15, 0.2) is 66.7 Å². The second kappa shape index (κ2) is 12.6. The molecule has 0 radical (unpaired) electrons. The third-order valence-electron chi connectivity index (χ3n) is 8.22. The van der Waals surface area contributed by atoms with Gasteiger partial charge in [-0.1, -0.05) is 48.0 Å². The lowest BCUT2D eigenvalue weighted by Crippen LogP contribution is -2.44. The van der Waals surface area contributed by atoms with Crippen LogP contribution >= 0.6 is 22.9 Å². The van der Waals surface area contributed by atoms with Crippen LogP contribution in [0, 0.1) is 0 Å². The van der Waals surface area contributed by atoms with Crippen molar-refractivity contribution in [1.29, 1.82) is 0 Å². The van der Waals surface area contributed by atoms with E-state index in [0.29, 0.717) is 22.5 Å². The highest BCUT2D eigenvalue weighted by Gasteiger charge is 2.32. The van der Waals surface area contributed by atoms with Gasteiger partial charge < -0.3 is 19.9 Å². The van der Waals surface area contributed by atoms with Gasteiger partial charge in [0.05, 0.1) is 12.1 Å². The molecule has 6 nitrogen and oxygen atoms in total. The zero-order chi connectivity index (χ0) is 29.1. The first kappa shape index (κ1) is 29.1. The van der Waals surface area contributed by atoms with Gasteiger partial charge in [-0.3, -0.25) is 9.59 Å². The number of methoxy groups -OCH3 is 1. The van der Waals surface area contributed by atoms with Crippen LogP contribution in [-0.4, -0.2) is 50.0 Å². The van der Waals surface area contributed by atoms with Gasteiger partial charge in [-0.25, -0.2) is 0 Å². The molecule has 0 unspecified atom stereocenters. The maximum absolute atomic E-state index is 14.3. The third kappa shape index (κ3) is 6.13. The van der Waals surface area contributed by atoms with Crippen molar-refractivity contribution in [2.24, 2.45) is 0 Å². The number of rotatable bonds is 8. The topological polar surface area (TPSA) is 61.9 Å². The lowest BCUT2D eigenvalue weighted by atomic mass is 9.89. The smallest absolute Gasteiger partial charge is 0.266 e. The Bertz CT molecular complexity index is 1540. The molecule has 1 saturated carbocycles. The highest BCUT2D eigenvalue weighted by molar-refractivity contribution is 7.21. The van der Waals surface area contributed by atoms with Gasteiger partial charge in [0.25, 0.3) is 5.91 Å². The predicted octanol–water partition coefficient (Wildman–Crippen LogP) is 7.39. The van der Waals surface area contributed by atoms with Gasteiger partial charge in [0.1, 0.15) is 10.6 Å². The second-order valence-corrected chi connectivity index (χ2v) is 12.1. The Morgan fingerprint density at radius 3 is 2.32 bits per heavy atom. The van der Waals surface area contributed by atoms with E-state index in [9.17, 15) is 9.59 Å². The van der Waals surface area contributed by atoms with Crippen molar-refractivity contribution in [3.05, 3.63) is 82.2 Å². The maximum Gasteiger partial charge on any atom is 0.266 e. The number of hydrogen-bond donors (Lipinski definition) is 1. The number of halogens is 1. The van der Waals surface area contributed by atoms with Gasteiger partial charge in [0.2, 0.25) is 5.91 Å². The first-order valence-corrected chi connectivity index (χ1v) is 15.2. The molecule has 1 aromatic heterocycles. The zero-order valence-electron chi connectivity index (χ0n) is 23.9. The first-order chi connectivity index (χ1) is 19.8. The molecule has 0 atom stereocenters. The standard InChI is InChI=1S/C33H36ClN3O3S/c1-21(38)36(3)26-14-9-22(10-15-26)23-11-18-29(40-4)24(19-23)20-37(27-16-12-25(35-2)13-17-27)33(39)32-31(34)28-7-5-6-8-30(28)41-32/h5-11,14-15,18-19,25,27,35H,12-13,16-17,20H2,1-4H3/t25-,27-. The monoisotopic (exact) mass is 589 g/mol. The van der Waals surface area contributed by atoms with Gasteiger partial charge in [-0.05, 0) is 74.2 Å². The molecule has 3 aromatic carbocycles. The molecule has 0 bridgehead atoms. The molecule has 1 heterocycles. The highest BCUT2D eigenvalue weighted by atomic mass is 35.5. The van der Waals surface area contributed by atoms with Gasteiger partial charge in [-0.15, -0.1) is 11.3 Å². The summed E-state index contributed by atoms with van der Waals surface area (Å²) in [4.78, 5) is 30.3. The van der Waals surface area contributed by atoms with Crippen LogP contribution in [0.25, 0.3) is 21.2 Å². The molecule has 0 spiro atoms. The lowest BCUT2D eigenvalue weighted by molar-refractivity contribution is -0.116. The molecule has 1 aliphatic rings. The van der Waals surface area contributed by atoms with E-state index in [0.717, 1.165) is 63.9 Å². The Kier molecular flexibility index (Phi) is 8.97. The summed E-state index contributed by atoms with van der Waals surface area (Å²) in [6.07, 6.45) is 3.88. The fourth-order valence-corrected chi connectivity index (χ4v) is 7.12. The quantitative estimate of drug-likeness (QED) is 0.233. The number of carbonyl (C=O) groups excluding carboxylic acids is 2. The van der Waals surface area contributed by atoms with Crippen LogP contribution in [0.5, 0.6) is 5.75 Å². The molecule has 5 rings (SSSR count). The number of hydrogen-bond acceptors (Lipinski definition) is 5. The minimum Gasteiger partial charge on any atom is -0.496 e. The van der Waals surface area contributed by atoms with Gasteiger partial charge in [0, 0.05) is 53.9 Å². The second-order valence-electron chi connectivity index (χ2n) is 10.6. The van der Waals surface area contributed by atoms with Crippen LogP contribution in [0.3, 0.4) is 0 Å². The first-order valence-electron chi connectivity index (χ1n) is 14.0. The molecule has 1 aliphatic carbocycles. The highest BCUT2D eigenvalue weighted by Crippen LogP contribution is 2.38. The minimum atomic E-state index is -0.0341. The molecule has 4 aromatic rings. The maximum atomic E-state index is 14.3.